The quantitative estimate of drug-likeness (QED) is 0.900. The van der Waals surface area contributed by atoms with Gasteiger partial charge in [0.2, 0.25) is 5.95 Å². The summed E-state index contributed by atoms with van der Waals surface area (Å²) in [5, 5.41) is 10.4. The third-order valence-electron chi connectivity index (χ3n) is 3.50. The van der Waals surface area contributed by atoms with E-state index < -0.39 is 11.6 Å². The Morgan fingerprint density at radius 3 is 2.90 bits per heavy atom. The average Bonchev–Trinajstić information content (AvgIpc) is 2.76. The molecule has 0 bridgehead atoms. The molecule has 1 aromatic carbocycles. The van der Waals surface area contributed by atoms with E-state index >= 15 is 0 Å². The maximum Gasteiger partial charge on any atom is 0.244 e. The Morgan fingerprint density at radius 2 is 2.05 bits per heavy atom. The van der Waals surface area contributed by atoms with E-state index in [0.717, 1.165) is 38.7 Å². The van der Waals surface area contributed by atoms with Crippen molar-refractivity contribution < 1.29 is 8.78 Å². The van der Waals surface area contributed by atoms with Crippen molar-refractivity contribution >= 4 is 5.95 Å². The summed E-state index contributed by atoms with van der Waals surface area (Å²) in [4.78, 5) is 6.55. The molecular weight excluding hydrogens is 276 g/mol. The zero-order valence-corrected chi connectivity index (χ0v) is 11.6. The monoisotopic (exact) mass is 293 g/mol. The summed E-state index contributed by atoms with van der Waals surface area (Å²) in [6.45, 7) is 3.69. The van der Waals surface area contributed by atoms with Gasteiger partial charge in [-0.3, -0.25) is 5.10 Å². The molecule has 2 aromatic rings. The van der Waals surface area contributed by atoms with E-state index in [9.17, 15) is 8.78 Å². The van der Waals surface area contributed by atoms with Gasteiger partial charge in [-0.15, -0.1) is 5.10 Å². The predicted octanol–water partition coefficient (Wildman–Crippen LogP) is 1.47. The maximum absolute atomic E-state index is 13.2. The lowest BCUT2D eigenvalue weighted by Gasteiger charge is -2.16. The third kappa shape index (κ3) is 3.36. The molecule has 21 heavy (non-hydrogen) atoms. The highest BCUT2D eigenvalue weighted by Gasteiger charge is 2.14. The van der Waals surface area contributed by atoms with Gasteiger partial charge >= 0.3 is 0 Å². The summed E-state index contributed by atoms with van der Waals surface area (Å²) in [6.07, 6.45) is 1.45. The van der Waals surface area contributed by atoms with E-state index in [4.69, 9.17) is 0 Å². The fourth-order valence-corrected chi connectivity index (χ4v) is 2.39. The van der Waals surface area contributed by atoms with E-state index in [2.05, 4.69) is 25.4 Å². The van der Waals surface area contributed by atoms with Crippen molar-refractivity contribution in [1.29, 1.82) is 0 Å². The lowest BCUT2D eigenvalue weighted by molar-refractivity contribution is 0.507. The van der Waals surface area contributed by atoms with Crippen molar-refractivity contribution in [3.8, 4) is 0 Å². The van der Waals surface area contributed by atoms with E-state index in [-0.39, 0.29) is 0 Å². The zero-order chi connectivity index (χ0) is 14.7. The van der Waals surface area contributed by atoms with Crippen LogP contribution in [0.2, 0.25) is 0 Å². The molecule has 0 atom stereocenters. The minimum atomic E-state index is -0.842. The Hall–Kier alpha value is -2.02. The summed E-state index contributed by atoms with van der Waals surface area (Å²) in [5.41, 5.74) is 0.661. The van der Waals surface area contributed by atoms with Crippen molar-refractivity contribution in [3.05, 3.63) is 41.2 Å². The highest BCUT2D eigenvalue weighted by Crippen LogP contribution is 2.14. The standard InChI is InChI=1S/C14H17F2N5/c15-11-3-2-10(8-12(11)16)9-13-18-14(20-19-13)21-6-1-4-17-5-7-21/h2-3,8,17H,1,4-7,9H2,(H,18,19,20). The first kappa shape index (κ1) is 13.9. The molecule has 0 radical (unpaired) electrons. The molecular formula is C14H17F2N5. The second-order valence-electron chi connectivity index (χ2n) is 5.10. The van der Waals surface area contributed by atoms with Gasteiger partial charge in [0.25, 0.3) is 0 Å². The molecule has 0 saturated carbocycles. The largest absolute Gasteiger partial charge is 0.338 e. The van der Waals surface area contributed by atoms with Crippen LogP contribution in [0.25, 0.3) is 0 Å². The van der Waals surface area contributed by atoms with Crippen LogP contribution in [-0.2, 0) is 6.42 Å². The highest BCUT2D eigenvalue weighted by atomic mass is 19.2. The molecule has 2 heterocycles. The second kappa shape index (κ2) is 6.17. The summed E-state index contributed by atoms with van der Waals surface area (Å²) in [6, 6.07) is 3.87. The number of aromatic nitrogens is 3. The SMILES string of the molecule is Fc1ccc(Cc2nc(N3CCCNCC3)n[nH]2)cc1F. The van der Waals surface area contributed by atoms with Crippen LogP contribution < -0.4 is 10.2 Å². The number of hydrogen-bond donors (Lipinski definition) is 2. The zero-order valence-electron chi connectivity index (χ0n) is 11.6. The van der Waals surface area contributed by atoms with Gasteiger partial charge in [-0.2, -0.15) is 4.98 Å². The van der Waals surface area contributed by atoms with Crippen LogP contribution in [0.4, 0.5) is 14.7 Å². The molecule has 1 saturated heterocycles. The predicted molar refractivity (Wildman–Crippen MR) is 75.2 cm³/mol. The number of halogens is 2. The van der Waals surface area contributed by atoms with Crippen LogP contribution in [0.5, 0.6) is 0 Å². The Bertz CT molecular complexity index is 605. The lowest BCUT2D eigenvalue weighted by atomic mass is 10.1. The van der Waals surface area contributed by atoms with E-state index in [1.165, 1.54) is 6.07 Å². The molecule has 0 amide bonds. The van der Waals surface area contributed by atoms with Crippen molar-refractivity contribution in [2.75, 3.05) is 31.1 Å². The van der Waals surface area contributed by atoms with Crippen molar-refractivity contribution in [3.63, 3.8) is 0 Å². The Labute approximate surface area is 121 Å². The summed E-state index contributed by atoms with van der Waals surface area (Å²) in [7, 11) is 0. The van der Waals surface area contributed by atoms with E-state index in [0.29, 0.717) is 23.8 Å². The third-order valence-corrected chi connectivity index (χ3v) is 3.50. The fraction of sp³-hybridized carbons (Fsp3) is 0.429. The molecule has 1 aliphatic heterocycles. The number of H-pyrrole nitrogens is 1. The summed E-state index contributed by atoms with van der Waals surface area (Å²) < 4.78 is 26.1. The first-order valence-electron chi connectivity index (χ1n) is 7.03. The molecule has 112 valence electrons. The minimum absolute atomic E-state index is 0.399. The average molecular weight is 293 g/mol. The molecule has 3 rings (SSSR count). The molecule has 5 nitrogen and oxygen atoms in total. The topological polar surface area (TPSA) is 56.8 Å². The van der Waals surface area contributed by atoms with Crippen LogP contribution in [0.15, 0.2) is 18.2 Å². The molecule has 1 fully saturated rings. The van der Waals surface area contributed by atoms with Crippen molar-refractivity contribution in [2.45, 2.75) is 12.8 Å². The lowest BCUT2D eigenvalue weighted by Crippen LogP contribution is -2.28. The van der Waals surface area contributed by atoms with Crippen LogP contribution in [0.1, 0.15) is 17.8 Å². The van der Waals surface area contributed by atoms with Crippen LogP contribution in [-0.4, -0.2) is 41.4 Å². The molecule has 2 N–H and O–H groups in total. The van der Waals surface area contributed by atoms with Gasteiger partial charge < -0.3 is 10.2 Å². The number of nitrogens with zero attached hydrogens (tertiary/aromatic N) is 3. The molecule has 1 aromatic heterocycles. The number of hydrogen-bond acceptors (Lipinski definition) is 4. The molecule has 0 spiro atoms. The number of benzene rings is 1. The van der Waals surface area contributed by atoms with Crippen LogP contribution in [0.3, 0.4) is 0 Å². The number of anilines is 1. The van der Waals surface area contributed by atoms with Crippen molar-refractivity contribution in [2.24, 2.45) is 0 Å². The van der Waals surface area contributed by atoms with E-state index in [1.54, 1.807) is 6.07 Å². The summed E-state index contributed by atoms with van der Waals surface area (Å²) in [5.74, 6) is -0.371. The highest BCUT2D eigenvalue weighted by molar-refractivity contribution is 5.30. The molecule has 0 aliphatic carbocycles. The van der Waals surface area contributed by atoms with Gasteiger partial charge in [0.05, 0.1) is 0 Å². The normalized spacial score (nSPS) is 16.0. The second-order valence-corrected chi connectivity index (χ2v) is 5.10. The van der Waals surface area contributed by atoms with Gasteiger partial charge in [0, 0.05) is 26.1 Å². The van der Waals surface area contributed by atoms with Gasteiger partial charge in [-0.05, 0) is 30.7 Å². The first-order chi connectivity index (χ1) is 10.2. The van der Waals surface area contributed by atoms with E-state index in [1.807, 2.05) is 0 Å². The molecule has 1 aliphatic rings. The number of aromatic amines is 1. The smallest absolute Gasteiger partial charge is 0.244 e. The summed E-state index contributed by atoms with van der Waals surface area (Å²) >= 11 is 0. The van der Waals surface area contributed by atoms with Gasteiger partial charge in [0.15, 0.2) is 11.6 Å². The molecule has 0 unspecified atom stereocenters. The maximum atomic E-state index is 13.2. The Morgan fingerprint density at radius 1 is 1.14 bits per heavy atom. The minimum Gasteiger partial charge on any atom is -0.338 e. The van der Waals surface area contributed by atoms with Crippen molar-refractivity contribution in [1.82, 2.24) is 20.5 Å². The number of nitrogens with one attached hydrogen (secondary N) is 2. The fourth-order valence-electron chi connectivity index (χ4n) is 2.39. The molecule has 7 heteroatoms. The van der Waals surface area contributed by atoms with Crippen LogP contribution in [0, 0.1) is 11.6 Å². The Balaban J connectivity index is 1.70. The van der Waals surface area contributed by atoms with Gasteiger partial charge in [0.1, 0.15) is 5.82 Å². The van der Waals surface area contributed by atoms with Gasteiger partial charge in [-0.1, -0.05) is 6.07 Å². The Kier molecular flexibility index (Phi) is 4.10. The van der Waals surface area contributed by atoms with Gasteiger partial charge in [-0.25, -0.2) is 8.78 Å². The van der Waals surface area contributed by atoms with Crippen LogP contribution >= 0.6 is 0 Å². The number of rotatable bonds is 3. The first-order valence-corrected chi connectivity index (χ1v) is 7.03.